The van der Waals surface area contributed by atoms with Crippen LogP contribution in [0.2, 0.25) is 0 Å². The minimum atomic E-state index is -0.127. The zero-order valence-electron chi connectivity index (χ0n) is 14.4. The molecule has 2 N–H and O–H groups in total. The summed E-state index contributed by atoms with van der Waals surface area (Å²) in [5, 5.41) is 8.16. The normalized spacial score (nSPS) is 13.4. The van der Waals surface area contributed by atoms with Crippen molar-refractivity contribution in [2.24, 2.45) is 5.92 Å². The highest BCUT2D eigenvalue weighted by Crippen LogP contribution is 2.30. The largest absolute Gasteiger partial charge is 0.348 e. The van der Waals surface area contributed by atoms with Crippen LogP contribution in [0, 0.1) is 5.92 Å². The van der Waals surface area contributed by atoms with E-state index in [0.29, 0.717) is 12.1 Å². The Balaban J connectivity index is 1.36. The van der Waals surface area contributed by atoms with Crippen molar-refractivity contribution in [3.05, 3.63) is 77.9 Å². The second kappa shape index (κ2) is 7.00. The maximum absolute atomic E-state index is 12.3. The molecule has 130 valence electrons. The van der Waals surface area contributed by atoms with Gasteiger partial charge in [-0.15, -0.1) is 0 Å². The van der Waals surface area contributed by atoms with Gasteiger partial charge in [0.1, 0.15) is 0 Å². The average Bonchev–Trinajstić information content (AvgIpc) is 3.52. The van der Waals surface area contributed by atoms with E-state index in [1.54, 1.807) is 24.3 Å². The fourth-order valence-corrected chi connectivity index (χ4v) is 2.93. The maximum atomic E-state index is 12.3. The highest BCUT2D eigenvalue weighted by atomic mass is 16.2. The van der Waals surface area contributed by atoms with Gasteiger partial charge in [-0.2, -0.15) is 0 Å². The molecule has 4 nitrogen and oxygen atoms in total. The molecule has 3 aromatic rings. The molecule has 0 aromatic heterocycles. The van der Waals surface area contributed by atoms with Crippen LogP contribution >= 0.6 is 0 Å². The molecular formula is C22H20N2O2. The van der Waals surface area contributed by atoms with E-state index in [4.69, 9.17) is 0 Å². The Morgan fingerprint density at radius 3 is 2.35 bits per heavy atom. The summed E-state index contributed by atoms with van der Waals surface area (Å²) in [7, 11) is 0. The molecule has 1 aliphatic rings. The maximum Gasteiger partial charge on any atom is 0.251 e. The highest BCUT2D eigenvalue weighted by Gasteiger charge is 2.29. The first kappa shape index (κ1) is 16.3. The first-order chi connectivity index (χ1) is 12.7. The monoisotopic (exact) mass is 344 g/mol. The van der Waals surface area contributed by atoms with Crippen LogP contribution in [-0.2, 0) is 11.3 Å². The number of carbonyl (C=O) groups is 2. The first-order valence-electron chi connectivity index (χ1n) is 8.86. The van der Waals surface area contributed by atoms with E-state index in [1.807, 2.05) is 18.2 Å². The molecule has 0 aliphatic heterocycles. The van der Waals surface area contributed by atoms with E-state index in [-0.39, 0.29) is 17.7 Å². The van der Waals surface area contributed by atoms with Crippen molar-refractivity contribution in [2.45, 2.75) is 19.4 Å². The second-order valence-corrected chi connectivity index (χ2v) is 6.71. The fraction of sp³-hybridized carbons (Fsp3) is 0.182. The SMILES string of the molecule is O=C(NCc1ccc2ccccc2c1)c1ccc(NC(=O)C2CC2)cc1. The Labute approximate surface area is 152 Å². The second-order valence-electron chi connectivity index (χ2n) is 6.71. The van der Waals surface area contributed by atoms with Crippen LogP contribution in [0.15, 0.2) is 66.7 Å². The third-order valence-electron chi connectivity index (χ3n) is 4.63. The van der Waals surface area contributed by atoms with Gasteiger partial charge in [0, 0.05) is 23.7 Å². The van der Waals surface area contributed by atoms with E-state index in [0.717, 1.165) is 29.5 Å². The van der Waals surface area contributed by atoms with Crippen molar-refractivity contribution in [1.29, 1.82) is 0 Å². The summed E-state index contributed by atoms with van der Waals surface area (Å²) in [6.07, 6.45) is 1.95. The van der Waals surface area contributed by atoms with E-state index < -0.39 is 0 Å². The minimum absolute atomic E-state index is 0.0681. The van der Waals surface area contributed by atoms with Crippen LogP contribution < -0.4 is 10.6 Å². The van der Waals surface area contributed by atoms with Crippen LogP contribution in [0.5, 0.6) is 0 Å². The third kappa shape index (κ3) is 3.75. The van der Waals surface area contributed by atoms with Crippen molar-refractivity contribution in [3.63, 3.8) is 0 Å². The molecule has 0 spiro atoms. The average molecular weight is 344 g/mol. The van der Waals surface area contributed by atoms with Crippen LogP contribution in [-0.4, -0.2) is 11.8 Å². The molecule has 26 heavy (non-hydrogen) atoms. The minimum Gasteiger partial charge on any atom is -0.348 e. The van der Waals surface area contributed by atoms with Gasteiger partial charge in [-0.3, -0.25) is 9.59 Å². The summed E-state index contributed by atoms with van der Waals surface area (Å²) < 4.78 is 0. The Bertz CT molecular complexity index is 959. The summed E-state index contributed by atoms with van der Waals surface area (Å²) in [4.78, 5) is 24.1. The molecule has 0 saturated heterocycles. The van der Waals surface area contributed by atoms with Gasteiger partial charge in [-0.05, 0) is 59.5 Å². The zero-order chi connectivity index (χ0) is 17.9. The molecule has 4 rings (SSSR count). The van der Waals surface area contributed by atoms with Gasteiger partial charge in [0.25, 0.3) is 5.91 Å². The van der Waals surface area contributed by atoms with Crippen molar-refractivity contribution in [3.8, 4) is 0 Å². The Hall–Kier alpha value is -3.14. The van der Waals surface area contributed by atoms with Crippen molar-refractivity contribution in [2.75, 3.05) is 5.32 Å². The Morgan fingerprint density at radius 1 is 0.885 bits per heavy atom. The molecule has 3 aromatic carbocycles. The predicted molar refractivity (Wildman–Crippen MR) is 103 cm³/mol. The zero-order valence-corrected chi connectivity index (χ0v) is 14.4. The van der Waals surface area contributed by atoms with Gasteiger partial charge in [-0.1, -0.05) is 36.4 Å². The van der Waals surface area contributed by atoms with Crippen LogP contribution in [0.3, 0.4) is 0 Å². The number of nitrogens with one attached hydrogen (secondary N) is 2. The molecule has 0 atom stereocenters. The number of benzene rings is 3. The molecule has 4 heteroatoms. The number of carbonyl (C=O) groups excluding carboxylic acids is 2. The lowest BCUT2D eigenvalue weighted by molar-refractivity contribution is -0.117. The molecular weight excluding hydrogens is 324 g/mol. The van der Waals surface area contributed by atoms with Crippen molar-refractivity contribution < 1.29 is 9.59 Å². The topological polar surface area (TPSA) is 58.2 Å². The number of rotatable bonds is 5. The lowest BCUT2D eigenvalue weighted by atomic mass is 10.1. The quantitative estimate of drug-likeness (QED) is 0.731. The fourth-order valence-electron chi connectivity index (χ4n) is 2.93. The molecule has 1 saturated carbocycles. The number of hydrogen-bond donors (Lipinski definition) is 2. The third-order valence-corrected chi connectivity index (χ3v) is 4.63. The molecule has 0 heterocycles. The van der Waals surface area contributed by atoms with Gasteiger partial charge in [-0.25, -0.2) is 0 Å². The summed E-state index contributed by atoms with van der Waals surface area (Å²) >= 11 is 0. The van der Waals surface area contributed by atoms with Crippen LogP contribution in [0.4, 0.5) is 5.69 Å². The number of fused-ring (bicyclic) bond motifs is 1. The molecule has 0 radical (unpaired) electrons. The van der Waals surface area contributed by atoms with Crippen LogP contribution in [0.1, 0.15) is 28.8 Å². The van der Waals surface area contributed by atoms with E-state index in [2.05, 4.69) is 34.9 Å². The summed E-state index contributed by atoms with van der Waals surface area (Å²) in [5.41, 5.74) is 2.37. The van der Waals surface area contributed by atoms with Gasteiger partial charge < -0.3 is 10.6 Å². The molecule has 1 fully saturated rings. The summed E-state index contributed by atoms with van der Waals surface area (Å²) in [6.45, 7) is 0.476. The molecule has 0 bridgehead atoms. The van der Waals surface area contributed by atoms with E-state index in [9.17, 15) is 9.59 Å². The van der Waals surface area contributed by atoms with Crippen molar-refractivity contribution in [1.82, 2.24) is 5.32 Å². The Morgan fingerprint density at radius 2 is 1.62 bits per heavy atom. The lowest BCUT2D eigenvalue weighted by Crippen LogP contribution is -2.22. The van der Waals surface area contributed by atoms with Gasteiger partial charge in [0.2, 0.25) is 5.91 Å². The molecule has 2 amide bonds. The number of anilines is 1. The first-order valence-corrected chi connectivity index (χ1v) is 8.86. The predicted octanol–water partition coefficient (Wildman–Crippen LogP) is 4.12. The van der Waals surface area contributed by atoms with Gasteiger partial charge in [0.05, 0.1) is 0 Å². The highest BCUT2D eigenvalue weighted by molar-refractivity contribution is 5.96. The molecule has 0 unspecified atom stereocenters. The van der Waals surface area contributed by atoms with E-state index >= 15 is 0 Å². The molecule has 1 aliphatic carbocycles. The summed E-state index contributed by atoms with van der Waals surface area (Å²) in [6, 6.07) is 21.3. The number of amides is 2. The van der Waals surface area contributed by atoms with E-state index in [1.165, 1.54) is 5.39 Å². The summed E-state index contributed by atoms with van der Waals surface area (Å²) in [5.74, 6) is 0.108. The van der Waals surface area contributed by atoms with Gasteiger partial charge >= 0.3 is 0 Å². The van der Waals surface area contributed by atoms with Crippen LogP contribution in [0.25, 0.3) is 10.8 Å². The lowest BCUT2D eigenvalue weighted by Gasteiger charge is -2.08. The number of hydrogen-bond acceptors (Lipinski definition) is 2. The van der Waals surface area contributed by atoms with Crippen molar-refractivity contribution >= 4 is 28.3 Å². The smallest absolute Gasteiger partial charge is 0.251 e. The van der Waals surface area contributed by atoms with Gasteiger partial charge in [0.15, 0.2) is 0 Å². The standard InChI is InChI=1S/C22H20N2O2/c25-21(17-9-11-20(12-10-17)24-22(26)18-7-8-18)23-14-15-5-6-16-3-1-2-4-19(16)13-15/h1-6,9-13,18H,7-8,14H2,(H,23,25)(H,24,26). The Kier molecular flexibility index (Phi) is 4.40.